The van der Waals surface area contributed by atoms with Crippen LogP contribution in [0.5, 0.6) is 0 Å². The highest BCUT2D eigenvalue weighted by Crippen LogP contribution is 2.26. The Bertz CT molecular complexity index is 620. The van der Waals surface area contributed by atoms with Crippen LogP contribution in [0.25, 0.3) is 0 Å². The van der Waals surface area contributed by atoms with Gasteiger partial charge in [-0.1, -0.05) is 29.8 Å². The summed E-state index contributed by atoms with van der Waals surface area (Å²) in [6, 6.07) is 15.1. The first-order chi connectivity index (χ1) is 9.24. The summed E-state index contributed by atoms with van der Waals surface area (Å²) in [6.45, 7) is 0.506. The molecule has 0 amide bonds. The van der Waals surface area contributed by atoms with E-state index in [0.29, 0.717) is 22.9 Å². The van der Waals surface area contributed by atoms with Gasteiger partial charge in [0, 0.05) is 23.4 Å². The number of rotatable bonds is 4. The largest absolute Gasteiger partial charge is 0.380 e. The summed E-state index contributed by atoms with van der Waals surface area (Å²) < 4.78 is 5.16. The lowest BCUT2D eigenvalue weighted by Gasteiger charge is -2.12. The number of nitrogens with zero attached hydrogens (tertiary/aromatic N) is 1. The summed E-state index contributed by atoms with van der Waals surface area (Å²) in [5, 5.41) is 12.9. The van der Waals surface area contributed by atoms with Gasteiger partial charge in [-0.2, -0.15) is 5.26 Å². The van der Waals surface area contributed by atoms with E-state index in [1.54, 1.807) is 25.3 Å². The summed E-state index contributed by atoms with van der Waals surface area (Å²) >= 11 is 5.97. The third-order valence-corrected chi connectivity index (χ3v) is 2.92. The highest BCUT2D eigenvalue weighted by Gasteiger charge is 2.06. The third kappa shape index (κ3) is 3.25. The Kier molecular flexibility index (Phi) is 4.40. The molecule has 2 rings (SSSR count). The molecule has 1 N–H and O–H groups in total. The average Bonchev–Trinajstić information content (AvgIpc) is 2.42. The van der Waals surface area contributed by atoms with Gasteiger partial charge in [0.2, 0.25) is 0 Å². The van der Waals surface area contributed by atoms with Gasteiger partial charge >= 0.3 is 0 Å². The van der Waals surface area contributed by atoms with E-state index in [9.17, 15) is 0 Å². The number of methoxy groups -OCH3 is 1. The summed E-state index contributed by atoms with van der Waals surface area (Å²) in [6.07, 6.45) is 0. The monoisotopic (exact) mass is 272 g/mol. The molecular formula is C15H13ClN2O. The number of ether oxygens (including phenoxy) is 1. The molecule has 2 aromatic rings. The molecule has 0 aromatic heterocycles. The van der Waals surface area contributed by atoms with Crippen molar-refractivity contribution < 1.29 is 4.74 Å². The van der Waals surface area contributed by atoms with Crippen LogP contribution < -0.4 is 5.32 Å². The Morgan fingerprint density at radius 3 is 2.74 bits per heavy atom. The minimum absolute atomic E-state index is 0.506. The quantitative estimate of drug-likeness (QED) is 0.911. The fourth-order valence-electron chi connectivity index (χ4n) is 1.79. The van der Waals surface area contributed by atoms with Crippen molar-refractivity contribution in [3.8, 4) is 6.07 Å². The molecule has 0 spiro atoms. The van der Waals surface area contributed by atoms with Crippen molar-refractivity contribution in [3.63, 3.8) is 0 Å². The van der Waals surface area contributed by atoms with Crippen LogP contribution in [0.1, 0.15) is 11.1 Å². The molecule has 4 heteroatoms. The molecule has 0 aliphatic rings. The lowest BCUT2D eigenvalue weighted by molar-refractivity contribution is 0.185. The number of anilines is 2. The van der Waals surface area contributed by atoms with Crippen LogP contribution >= 0.6 is 11.6 Å². The molecule has 0 saturated heterocycles. The molecule has 0 aliphatic carbocycles. The molecule has 0 bridgehead atoms. The first-order valence-electron chi connectivity index (χ1n) is 5.78. The highest BCUT2D eigenvalue weighted by atomic mass is 35.5. The number of para-hydroxylation sites is 1. The van der Waals surface area contributed by atoms with Gasteiger partial charge in [-0.05, 0) is 24.3 Å². The van der Waals surface area contributed by atoms with Crippen molar-refractivity contribution in [2.45, 2.75) is 6.61 Å². The van der Waals surface area contributed by atoms with Crippen molar-refractivity contribution >= 4 is 23.0 Å². The zero-order chi connectivity index (χ0) is 13.7. The van der Waals surface area contributed by atoms with E-state index in [-0.39, 0.29) is 0 Å². The van der Waals surface area contributed by atoms with Gasteiger partial charge in [0.25, 0.3) is 0 Å². The smallest absolute Gasteiger partial charge is 0.101 e. The van der Waals surface area contributed by atoms with Gasteiger partial charge in [-0.3, -0.25) is 0 Å². The topological polar surface area (TPSA) is 45.0 Å². The first-order valence-corrected chi connectivity index (χ1v) is 6.16. The summed E-state index contributed by atoms with van der Waals surface area (Å²) in [7, 11) is 1.65. The molecule has 0 radical (unpaired) electrons. The van der Waals surface area contributed by atoms with E-state index >= 15 is 0 Å². The maximum Gasteiger partial charge on any atom is 0.101 e. The Balaban J connectivity index is 2.36. The Hall–Kier alpha value is -2.02. The minimum Gasteiger partial charge on any atom is -0.380 e. The molecular weight excluding hydrogens is 260 g/mol. The van der Waals surface area contributed by atoms with E-state index in [0.717, 1.165) is 11.3 Å². The predicted molar refractivity (Wildman–Crippen MR) is 76.6 cm³/mol. The van der Waals surface area contributed by atoms with E-state index < -0.39 is 0 Å². The SMILES string of the molecule is COCc1ccccc1Nc1cc(Cl)ccc1C#N. The van der Waals surface area contributed by atoms with Gasteiger partial charge in [-0.15, -0.1) is 0 Å². The zero-order valence-corrected chi connectivity index (χ0v) is 11.2. The number of hydrogen-bond donors (Lipinski definition) is 1. The number of benzene rings is 2. The first kappa shape index (κ1) is 13.4. The molecule has 0 heterocycles. The average molecular weight is 273 g/mol. The van der Waals surface area contributed by atoms with E-state index in [1.807, 2.05) is 24.3 Å². The Morgan fingerprint density at radius 2 is 2.00 bits per heavy atom. The minimum atomic E-state index is 0.506. The van der Waals surface area contributed by atoms with Crippen LogP contribution in [0.3, 0.4) is 0 Å². The lowest BCUT2D eigenvalue weighted by atomic mass is 10.1. The second kappa shape index (κ2) is 6.24. The van der Waals surface area contributed by atoms with Gasteiger partial charge in [-0.25, -0.2) is 0 Å². The van der Waals surface area contributed by atoms with Crippen molar-refractivity contribution in [2.75, 3.05) is 12.4 Å². The molecule has 19 heavy (non-hydrogen) atoms. The van der Waals surface area contributed by atoms with Crippen molar-refractivity contribution in [2.24, 2.45) is 0 Å². The van der Waals surface area contributed by atoms with Gasteiger partial charge in [0.05, 0.1) is 17.9 Å². The van der Waals surface area contributed by atoms with Crippen LogP contribution in [-0.2, 0) is 11.3 Å². The molecule has 2 aromatic carbocycles. The molecule has 96 valence electrons. The maximum absolute atomic E-state index is 9.10. The molecule has 3 nitrogen and oxygen atoms in total. The van der Waals surface area contributed by atoms with Crippen molar-refractivity contribution in [3.05, 3.63) is 58.6 Å². The molecule has 0 unspecified atom stereocenters. The number of nitriles is 1. The van der Waals surface area contributed by atoms with Gasteiger partial charge in [0.1, 0.15) is 6.07 Å². The van der Waals surface area contributed by atoms with E-state index in [2.05, 4.69) is 11.4 Å². The zero-order valence-electron chi connectivity index (χ0n) is 10.5. The van der Waals surface area contributed by atoms with E-state index in [4.69, 9.17) is 21.6 Å². The second-order valence-corrected chi connectivity index (χ2v) is 4.45. The van der Waals surface area contributed by atoms with Crippen LogP contribution in [0.15, 0.2) is 42.5 Å². The normalized spacial score (nSPS) is 9.95. The maximum atomic E-state index is 9.10. The van der Waals surface area contributed by atoms with E-state index in [1.165, 1.54) is 0 Å². The van der Waals surface area contributed by atoms with Crippen molar-refractivity contribution in [1.29, 1.82) is 5.26 Å². The lowest BCUT2D eigenvalue weighted by Crippen LogP contribution is -1.99. The van der Waals surface area contributed by atoms with Gasteiger partial charge < -0.3 is 10.1 Å². The van der Waals surface area contributed by atoms with Crippen LogP contribution in [-0.4, -0.2) is 7.11 Å². The molecule has 0 aliphatic heterocycles. The highest BCUT2D eigenvalue weighted by molar-refractivity contribution is 6.30. The van der Waals surface area contributed by atoms with Crippen LogP contribution in [0, 0.1) is 11.3 Å². The van der Waals surface area contributed by atoms with Crippen LogP contribution in [0.4, 0.5) is 11.4 Å². The van der Waals surface area contributed by atoms with Crippen molar-refractivity contribution in [1.82, 2.24) is 0 Å². The number of halogens is 1. The van der Waals surface area contributed by atoms with Gasteiger partial charge in [0.15, 0.2) is 0 Å². The summed E-state index contributed by atoms with van der Waals surface area (Å²) in [5.41, 5.74) is 3.17. The summed E-state index contributed by atoms with van der Waals surface area (Å²) in [5.74, 6) is 0. The Labute approximate surface area is 117 Å². The number of hydrogen-bond acceptors (Lipinski definition) is 3. The molecule has 0 atom stereocenters. The fraction of sp³-hybridized carbons (Fsp3) is 0.133. The predicted octanol–water partition coefficient (Wildman–Crippen LogP) is 4.10. The second-order valence-electron chi connectivity index (χ2n) is 4.02. The van der Waals surface area contributed by atoms with Crippen LogP contribution in [0.2, 0.25) is 5.02 Å². The number of nitrogens with one attached hydrogen (secondary N) is 1. The third-order valence-electron chi connectivity index (χ3n) is 2.69. The standard InChI is InChI=1S/C15H13ClN2O/c1-19-10-12-4-2-3-5-14(12)18-15-8-13(16)7-6-11(15)9-17/h2-8,18H,10H2,1H3. The Morgan fingerprint density at radius 1 is 1.21 bits per heavy atom. The summed E-state index contributed by atoms with van der Waals surface area (Å²) in [4.78, 5) is 0. The fourth-order valence-corrected chi connectivity index (χ4v) is 1.96. The molecule has 0 saturated carbocycles. The molecule has 0 fully saturated rings.